The first-order valence-corrected chi connectivity index (χ1v) is 10.5. The van der Waals surface area contributed by atoms with Gasteiger partial charge >= 0.3 is 5.97 Å². The van der Waals surface area contributed by atoms with Gasteiger partial charge in [-0.15, -0.1) is 0 Å². The van der Waals surface area contributed by atoms with Crippen LogP contribution >= 0.6 is 23.4 Å². The van der Waals surface area contributed by atoms with Gasteiger partial charge in [0.15, 0.2) is 5.82 Å². The van der Waals surface area contributed by atoms with Gasteiger partial charge in [0, 0.05) is 28.7 Å². The molecule has 6 nitrogen and oxygen atoms in total. The van der Waals surface area contributed by atoms with Gasteiger partial charge in [-0.1, -0.05) is 29.4 Å². The molecule has 1 N–H and O–H groups in total. The number of hydrogen-bond donors (Lipinski definition) is 1. The standard InChI is InChI=1S/C21H18ClFN4O2S/c1-3-26-11-14(10-24-26)27-12(2)21(15-7-8-16(22)19(23)20(15)27)30-17-6-4-5-13(25-17)9-18(28)29/h4-8,10-11H,3,9H2,1-2H3,(H,28,29). The molecule has 0 aliphatic rings. The Morgan fingerprint density at radius 2 is 2.10 bits per heavy atom. The molecule has 0 atom stereocenters. The van der Waals surface area contributed by atoms with Crippen molar-refractivity contribution < 1.29 is 14.3 Å². The first-order valence-electron chi connectivity index (χ1n) is 9.26. The molecular weight excluding hydrogens is 427 g/mol. The van der Waals surface area contributed by atoms with Crippen molar-refractivity contribution in [3.8, 4) is 5.69 Å². The molecule has 0 spiro atoms. The van der Waals surface area contributed by atoms with Crippen LogP contribution in [0.4, 0.5) is 4.39 Å². The van der Waals surface area contributed by atoms with Crippen molar-refractivity contribution in [1.29, 1.82) is 0 Å². The normalized spacial score (nSPS) is 11.3. The molecule has 1 aromatic carbocycles. The number of aryl methyl sites for hydroxylation is 1. The number of pyridine rings is 1. The lowest BCUT2D eigenvalue weighted by Gasteiger charge is -2.07. The van der Waals surface area contributed by atoms with Crippen molar-refractivity contribution in [2.45, 2.75) is 36.7 Å². The highest BCUT2D eigenvalue weighted by molar-refractivity contribution is 7.99. The van der Waals surface area contributed by atoms with Crippen LogP contribution in [0.2, 0.25) is 5.02 Å². The number of benzene rings is 1. The average molecular weight is 445 g/mol. The van der Waals surface area contributed by atoms with E-state index in [1.54, 1.807) is 39.7 Å². The number of aliphatic carboxylic acids is 1. The Bertz CT molecular complexity index is 1270. The number of aromatic nitrogens is 4. The van der Waals surface area contributed by atoms with E-state index in [9.17, 15) is 4.79 Å². The van der Waals surface area contributed by atoms with Crippen LogP contribution in [0, 0.1) is 12.7 Å². The molecule has 4 aromatic rings. The van der Waals surface area contributed by atoms with Crippen LogP contribution in [0.25, 0.3) is 16.6 Å². The molecule has 0 fully saturated rings. The molecule has 3 heterocycles. The summed E-state index contributed by atoms with van der Waals surface area (Å²) in [6.07, 6.45) is 3.39. The predicted octanol–water partition coefficient (Wildman–Crippen LogP) is 5.12. The number of nitrogens with zero attached hydrogens (tertiary/aromatic N) is 4. The van der Waals surface area contributed by atoms with Crippen molar-refractivity contribution in [2.75, 3.05) is 0 Å². The van der Waals surface area contributed by atoms with Crippen LogP contribution in [-0.2, 0) is 17.8 Å². The van der Waals surface area contributed by atoms with Crippen molar-refractivity contribution in [1.82, 2.24) is 19.3 Å². The zero-order chi connectivity index (χ0) is 21.4. The smallest absolute Gasteiger partial charge is 0.309 e. The van der Waals surface area contributed by atoms with Gasteiger partial charge in [0.2, 0.25) is 0 Å². The Morgan fingerprint density at radius 3 is 2.80 bits per heavy atom. The van der Waals surface area contributed by atoms with E-state index in [0.29, 0.717) is 28.2 Å². The summed E-state index contributed by atoms with van der Waals surface area (Å²) in [5, 5.41) is 14.7. The molecule has 0 radical (unpaired) electrons. The summed E-state index contributed by atoms with van der Waals surface area (Å²) in [7, 11) is 0. The highest BCUT2D eigenvalue weighted by Crippen LogP contribution is 2.41. The van der Waals surface area contributed by atoms with Gasteiger partial charge < -0.3 is 9.67 Å². The number of hydrogen-bond acceptors (Lipinski definition) is 4. The Morgan fingerprint density at radius 1 is 1.30 bits per heavy atom. The second kappa shape index (κ2) is 8.12. The largest absolute Gasteiger partial charge is 0.481 e. The summed E-state index contributed by atoms with van der Waals surface area (Å²) in [5.41, 5.74) is 2.39. The first kappa shape index (κ1) is 20.4. The Labute approximate surface area is 181 Å². The van der Waals surface area contributed by atoms with Crippen LogP contribution < -0.4 is 0 Å². The summed E-state index contributed by atoms with van der Waals surface area (Å²) in [4.78, 5) is 16.3. The maximum atomic E-state index is 15.1. The second-order valence-electron chi connectivity index (χ2n) is 6.70. The molecule has 0 amide bonds. The fraction of sp³-hybridized carbons (Fsp3) is 0.190. The van der Waals surface area contributed by atoms with Crippen LogP contribution in [0.3, 0.4) is 0 Å². The predicted molar refractivity (Wildman–Crippen MR) is 114 cm³/mol. The zero-order valence-electron chi connectivity index (χ0n) is 16.3. The van der Waals surface area contributed by atoms with E-state index in [-0.39, 0.29) is 11.4 Å². The minimum atomic E-state index is -0.943. The van der Waals surface area contributed by atoms with E-state index in [2.05, 4.69) is 10.1 Å². The molecule has 0 aliphatic carbocycles. The van der Waals surface area contributed by atoms with Crippen molar-refractivity contribution in [3.05, 3.63) is 65.0 Å². The molecule has 0 aliphatic heterocycles. The maximum Gasteiger partial charge on any atom is 0.309 e. The molecule has 3 aromatic heterocycles. The Kier molecular flexibility index (Phi) is 5.53. The fourth-order valence-corrected chi connectivity index (χ4v) is 4.56. The van der Waals surface area contributed by atoms with E-state index in [0.717, 1.165) is 16.3 Å². The van der Waals surface area contributed by atoms with E-state index in [4.69, 9.17) is 16.7 Å². The third-order valence-corrected chi connectivity index (χ3v) is 6.17. The third-order valence-electron chi connectivity index (χ3n) is 4.72. The molecule has 30 heavy (non-hydrogen) atoms. The quantitative estimate of drug-likeness (QED) is 0.446. The Balaban J connectivity index is 1.88. The van der Waals surface area contributed by atoms with Gasteiger partial charge in [-0.25, -0.2) is 9.37 Å². The lowest BCUT2D eigenvalue weighted by Crippen LogP contribution is -2.02. The lowest BCUT2D eigenvalue weighted by atomic mass is 10.2. The Hall–Kier alpha value is -2.84. The molecule has 154 valence electrons. The minimum Gasteiger partial charge on any atom is -0.481 e. The summed E-state index contributed by atoms with van der Waals surface area (Å²) in [5.74, 6) is -1.44. The molecule has 9 heteroatoms. The summed E-state index contributed by atoms with van der Waals surface area (Å²) < 4.78 is 18.7. The van der Waals surface area contributed by atoms with E-state index < -0.39 is 11.8 Å². The van der Waals surface area contributed by atoms with Crippen molar-refractivity contribution >= 4 is 40.2 Å². The average Bonchev–Trinajstić information content (AvgIpc) is 3.28. The van der Waals surface area contributed by atoms with E-state index in [1.165, 1.54) is 17.8 Å². The van der Waals surface area contributed by atoms with Gasteiger partial charge in [0.1, 0.15) is 5.03 Å². The highest BCUT2D eigenvalue weighted by atomic mass is 35.5. The van der Waals surface area contributed by atoms with E-state index in [1.807, 2.05) is 20.0 Å². The second-order valence-corrected chi connectivity index (χ2v) is 8.14. The highest BCUT2D eigenvalue weighted by Gasteiger charge is 2.22. The van der Waals surface area contributed by atoms with Gasteiger partial charge in [0.25, 0.3) is 0 Å². The van der Waals surface area contributed by atoms with Gasteiger partial charge in [-0.2, -0.15) is 5.10 Å². The molecule has 0 unspecified atom stereocenters. The molecule has 0 saturated carbocycles. The minimum absolute atomic E-state index is 0.0438. The number of fused-ring (bicyclic) bond motifs is 1. The maximum absolute atomic E-state index is 15.1. The number of carbonyl (C=O) groups is 1. The van der Waals surface area contributed by atoms with Gasteiger partial charge in [-0.05, 0) is 38.1 Å². The summed E-state index contributed by atoms with van der Waals surface area (Å²) in [6, 6.07) is 8.58. The van der Waals surface area contributed by atoms with Gasteiger partial charge in [0.05, 0.1) is 34.5 Å². The van der Waals surface area contributed by atoms with Gasteiger partial charge in [-0.3, -0.25) is 9.48 Å². The topological polar surface area (TPSA) is 72.9 Å². The monoisotopic (exact) mass is 444 g/mol. The number of halogens is 2. The number of carboxylic acid groups (broad SMARTS) is 1. The van der Waals surface area contributed by atoms with Crippen molar-refractivity contribution in [2.24, 2.45) is 0 Å². The molecule has 0 saturated heterocycles. The van der Waals surface area contributed by atoms with Crippen LogP contribution in [0.1, 0.15) is 18.3 Å². The summed E-state index contributed by atoms with van der Waals surface area (Å²) in [6.45, 7) is 4.58. The van der Waals surface area contributed by atoms with Crippen molar-refractivity contribution in [3.63, 3.8) is 0 Å². The molecule has 4 rings (SSSR count). The third kappa shape index (κ3) is 3.68. The summed E-state index contributed by atoms with van der Waals surface area (Å²) >= 11 is 7.45. The van der Waals surface area contributed by atoms with E-state index >= 15 is 4.39 Å². The van der Waals surface area contributed by atoms with Crippen LogP contribution in [0.15, 0.2) is 52.6 Å². The number of rotatable bonds is 6. The molecular formula is C21H18ClFN4O2S. The lowest BCUT2D eigenvalue weighted by molar-refractivity contribution is -0.136. The van der Waals surface area contributed by atoms with Crippen LogP contribution in [-0.4, -0.2) is 30.4 Å². The number of carboxylic acids is 1. The fourth-order valence-electron chi connectivity index (χ4n) is 3.37. The molecule has 0 bridgehead atoms. The SMILES string of the molecule is CCn1cc(-n2c(C)c(Sc3cccc(CC(=O)O)n3)c3ccc(Cl)c(F)c32)cn1. The zero-order valence-corrected chi connectivity index (χ0v) is 17.8. The first-order chi connectivity index (χ1) is 14.4. The van der Waals surface area contributed by atoms with Crippen LogP contribution in [0.5, 0.6) is 0 Å².